The van der Waals surface area contributed by atoms with Gasteiger partial charge in [-0.25, -0.2) is 12.8 Å². The number of nitrogens with one attached hydrogen (secondary N) is 1. The van der Waals surface area contributed by atoms with Gasteiger partial charge in [0, 0.05) is 30.1 Å². The van der Waals surface area contributed by atoms with E-state index < -0.39 is 40.2 Å². The quantitative estimate of drug-likeness (QED) is 0.324. The molecule has 214 valence electrons. The summed E-state index contributed by atoms with van der Waals surface area (Å²) in [4.78, 5) is 28.9. The first-order valence-electron chi connectivity index (χ1n) is 13.0. The minimum atomic E-state index is -3.94. The second-order valence-corrected chi connectivity index (χ2v) is 12.4. The van der Waals surface area contributed by atoms with Crippen LogP contribution in [0.25, 0.3) is 0 Å². The van der Waals surface area contributed by atoms with Gasteiger partial charge in [0.15, 0.2) is 0 Å². The molecule has 10 heteroatoms. The molecule has 40 heavy (non-hydrogen) atoms. The van der Waals surface area contributed by atoms with Gasteiger partial charge in [0.1, 0.15) is 18.4 Å². The smallest absolute Gasteiger partial charge is 0.244 e. The summed E-state index contributed by atoms with van der Waals surface area (Å²) in [7, 11) is -3.94. The van der Waals surface area contributed by atoms with Crippen molar-refractivity contribution >= 4 is 39.1 Å². The minimum absolute atomic E-state index is 0.153. The second-order valence-electron chi connectivity index (χ2n) is 10.1. The maximum absolute atomic E-state index is 14.8. The first kappa shape index (κ1) is 31.1. The molecule has 3 rings (SSSR count). The van der Waals surface area contributed by atoms with Crippen molar-refractivity contribution in [3.05, 3.63) is 100 Å². The predicted octanol–water partition coefficient (Wildman–Crippen LogP) is 4.97. The number of nitrogens with zero attached hydrogens (tertiary/aromatic N) is 2. The van der Waals surface area contributed by atoms with Crippen molar-refractivity contribution in [2.75, 3.05) is 23.7 Å². The maximum Gasteiger partial charge on any atom is 0.244 e. The summed E-state index contributed by atoms with van der Waals surface area (Å²) in [5.74, 6) is -1.45. The van der Waals surface area contributed by atoms with E-state index in [1.54, 1.807) is 31.2 Å². The molecule has 0 saturated carbocycles. The van der Waals surface area contributed by atoms with E-state index in [1.165, 1.54) is 23.1 Å². The van der Waals surface area contributed by atoms with Crippen LogP contribution in [0, 0.1) is 18.7 Å². The van der Waals surface area contributed by atoms with Crippen molar-refractivity contribution in [1.82, 2.24) is 10.2 Å². The molecule has 0 saturated heterocycles. The van der Waals surface area contributed by atoms with Gasteiger partial charge in [-0.15, -0.1) is 0 Å². The Kier molecular flexibility index (Phi) is 10.7. The van der Waals surface area contributed by atoms with E-state index in [1.807, 2.05) is 44.2 Å². The van der Waals surface area contributed by atoms with E-state index in [0.29, 0.717) is 17.1 Å². The molecule has 0 fully saturated rings. The predicted molar refractivity (Wildman–Crippen MR) is 157 cm³/mol. The molecule has 0 aliphatic carbocycles. The van der Waals surface area contributed by atoms with Gasteiger partial charge in [-0.3, -0.25) is 13.9 Å². The van der Waals surface area contributed by atoms with E-state index in [9.17, 15) is 22.4 Å². The fourth-order valence-electron chi connectivity index (χ4n) is 4.25. The third kappa shape index (κ3) is 8.29. The molecule has 1 N–H and O–H groups in total. The van der Waals surface area contributed by atoms with Gasteiger partial charge in [0.05, 0.1) is 11.9 Å². The molecule has 0 aliphatic heterocycles. The third-order valence-corrected chi connectivity index (χ3v) is 7.98. The van der Waals surface area contributed by atoms with Crippen molar-refractivity contribution in [1.29, 1.82) is 0 Å². The van der Waals surface area contributed by atoms with Crippen molar-refractivity contribution in [3.63, 3.8) is 0 Å². The topological polar surface area (TPSA) is 86.8 Å². The second kappa shape index (κ2) is 13.8. The van der Waals surface area contributed by atoms with Crippen LogP contribution in [0.4, 0.5) is 10.1 Å². The summed E-state index contributed by atoms with van der Waals surface area (Å²) in [6.07, 6.45) is 1.15. The van der Waals surface area contributed by atoms with Gasteiger partial charge >= 0.3 is 0 Å². The Hall–Kier alpha value is -3.43. The number of anilines is 1. The zero-order chi connectivity index (χ0) is 29.4. The van der Waals surface area contributed by atoms with Crippen LogP contribution in [-0.4, -0.2) is 50.5 Å². The van der Waals surface area contributed by atoms with Crippen molar-refractivity contribution < 1.29 is 22.4 Å². The molecular weight excluding hydrogens is 553 g/mol. The summed E-state index contributed by atoms with van der Waals surface area (Å²) in [6.45, 7) is 5.11. The number of halogens is 2. The summed E-state index contributed by atoms with van der Waals surface area (Å²) >= 11 is 6.26. The number of sulfonamides is 1. The minimum Gasteiger partial charge on any atom is -0.354 e. The monoisotopic (exact) mass is 587 g/mol. The molecule has 0 aromatic heterocycles. The van der Waals surface area contributed by atoms with E-state index >= 15 is 0 Å². The normalized spacial score (nSPS) is 12.2. The van der Waals surface area contributed by atoms with Crippen LogP contribution in [0.15, 0.2) is 72.8 Å². The highest BCUT2D eigenvalue weighted by Crippen LogP contribution is 2.28. The third-order valence-electron chi connectivity index (χ3n) is 6.44. The first-order valence-corrected chi connectivity index (χ1v) is 15.2. The van der Waals surface area contributed by atoms with Crippen LogP contribution in [0.5, 0.6) is 0 Å². The fourth-order valence-corrected chi connectivity index (χ4v) is 5.32. The standard InChI is InChI=1S/C30H35ClFN3O4S/c1-21(2)18-33-30(37)28(17-23-11-6-5-7-12-23)34(19-24-13-8-9-15-26(24)32)29(36)20-35(40(4,38)39)27-16-10-14-25(31)22(27)3/h5-16,21,28H,17-20H2,1-4H3,(H,33,37)/t28-/m1/s1. The van der Waals surface area contributed by atoms with Gasteiger partial charge < -0.3 is 10.2 Å². The highest BCUT2D eigenvalue weighted by molar-refractivity contribution is 7.92. The lowest BCUT2D eigenvalue weighted by Crippen LogP contribution is -2.53. The average molecular weight is 588 g/mol. The fraction of sp³-hybridized carbons (Fsp3) is 0.333. The molecule has 3 aromatic carbocycles. The van der Waals surface area contributed by atoms with Gasteiger partial charge in [-0.05, 0) is 42.2 Å². The molecule has 0 spiro atoms. The van der Waals surface area contributed by atoms with Crippen LogP contribution in [0.3, 0.4) is 0 Å². The molecule has 0 bridgehead atoms. The van der Waals surface area contributed by atoms with E-state index in [-0.39, 0.29) is 30.1 Å². The van der Waals surface area contributed by atoms with E-state index in [2.05, 4.69) is 5.32 Å². The van der Waals surface area contributed by atoms with Crippen LogP contribution in [0.1, 0.15) is 30.5 Å². The number of carbonyl (C=O) groups is 2. The Balaban J connectivity index is 2.08. The van der Waals surface area contributed by atoms with Crippen molar-refractivity contribution in [2.45, 2.75) is 39.8 Å². The number of benzene rings is 3. The Morgan fingerprint density at radius 1 is 0.975 bits per heavy atom. The van der Waals surface area contributed by atoms with Gasteiger partial charge in [-0.2, -0.15) is 0 Å². The van der Waals surface area contributed by atoms with Crippen molar-refractivity contribution in [2.24, 2.45) is 5.92 Å². The Bertz CT molecular complexity index is 1430. The summed E-state index contributed by atoms with van der Waals surface area (Å²) in [6, 6.07) is 18.9. The highest BCUT2D eigenvalue weighted by Gasteiger charge is 2.34. The Morgan fingerprint density at radius 2 is 1.62 bits per heavy atom. The van der Waals surface area contributed by atoms with Gasteiger partial charge in [0.2, 0.25) is 21.8 Å². The summed E-state index contributed by atoms with van der Waals surface area (Å²) in [5, 5.41) is 3.24. The van der Waals surface area contributed by atoms with E-state index in [0.717, 1.165) is 16.1 Å². The molecule has 0 unspecified atom stereocenters. The molecule has 1 atom stereocenters. The van der Waals surface area contributed by atoms with Crippen LogP contribution in [0.2, 0.25) is 5.02 Å². The summed E-state index contributed by atoms with van der Waals surface area (Å²) in [5.41, 5.74) is 1.73. The van der Waals surface area contributed by atoms with E-state index in [4.69, 9.17) is 11.6 Å². The molecule has 7 nitrogen and oxygen atoms in total. The zero-order valence-electron chi connectivity index (χ0n) is 23.1. The molecule has 0 aliphatic rings. The van der Waals surface area contributed by atoms with Crippen LogP contribution < -0.4 is 9.62 Å². The number of carbonyl (C=O) groups excluding carboxylic acids is 2. The highest BCUT2D eigenvalue weighted by atomic mass is 35.5. The number of rotatable bonds is 12. The summed E-state index contributed by atoms with van der Waals surface area (Å²) < 4.78 is 41.6. The lowest BCUT2D eigenvalue weighted by Gasteiger charge is -2.34. The molecule has 2 amide bonds. The number of hydrogen-bond donors (Lipinski definition) is 1. The van der Waals surface area contributed by atoms with Gasteiger partial charge in [0.25, 0.3) is 0 Å². The first-order chi connectivity index (χ1) is 18.9. The Labute approximate surface area is 241 Å². The lowest BCUT2D eigenvalue weighted by atomic mass is 10.0. The zero-order valence-corrected chi connectivity index (χ0v) is 24.7. The SMILES string of the molecule is Cc1c(Cl)cccc1N(CC(=O)N(Cc1ccccc1F)[C@H](Cc1ccccc1)C(=O)NCC(C)C)S(C)(=O)=O. The maximum atomic E-state index is 14.8. The average Bonchev–Trinajstić information content (AvgIpc) is 2.90. The molecule has 3 aromatic rings. The van der Waals surface area contributed by atoms with Crippen LogP contribution in [-0.2, 0) is 32.6 Å². The lowest BCUT2D eigenvalue weighted by molar-refractivity contribution is -0.140. The van der Waals surface area contributed by atoms with Crippen molar-refractivity contribution in [3.8, 4) is 0 Å². The Morgan fingerprint density at radius 3 is 2.25 bits per heavy atom. The van der Waals surface area contributed by atoms with Gasteiger partial charge in [-0.1, -0.05) is 80.0 Å². The molecular formula is C30H35ClFN3O4S. The number of hydrogen-bond acceptors (Lipinski definition) is 4. The number of amides is 2. The molecule has 0 heterocycles. The largest absolute Gasteiger partial charge is 0.354 e. The molecule has 0 radical (unpaired) electrons. The van der Waals surface area contributed by atoms with Crippen LogP contribution >= 0.6 is 11.6 Å².